The summed E-state index contributed by atoms with van der Waals surface area (Å²) < 4.78 is 0. The lowest BCUT2D eigenvalue weighted by atomic mass is 10.2. The molecule has 96 valence electrons. The lowest BCUT2D eigenvalue weighted by molar-refractivity contribution is 0.764. The Morgan fingerprint density at radius 1 is 1.44 bits per heavy atom. The van der Waals surface area contributed by atoms with Crippen LogP contribution in [0.5, 0.6) is 0 Å². The summed E-state index contributed by atoms with van der Waals surface area (Å²) in [6, 6.07) is 0.442. The van der Waals surface area contributed by atoms with E-state index in [9.17, 15) is 0 Å². The molecule has 2 atom stereocenters. The van der Waals surface area contributed by atoms with Crippen molar-refractivity contribution in [2.45, 2.75) is 30.6 Å². The van der Waals surface area contributed by atoms with E-state index in [2.05, 4.69) is 31.5 Å². The van der Waals surface area contributed by atoms with Gasteiger partial charge in [0.1, 0.15) is 5.52 Å². The highest BCUT2D eigenvalue weighted by atomic mass is 35.5. The Labute approximate surface area is 114 Å². The molecule has 5 nitrogen and oxygen atoms in total. The van der Waals surface area contributed by atoms with Crippen LogP contribution in [0.2, 0.25) is 5.28 Å². The molecule has 0 amide bonds. The number of aromatic amines is 1. The van der Waals surface area contributed by atoms with E-state index in [0.717, 1.165) is 11.3 Å². The molecule has 3 rings (SSSR count). The first kappa shape index (κ1) is 12.0. The van der Waals surface area contributed by atoms with Crippen LogP contribution in [0.3, 0.4) is 0 Å². The van der Waals surface area contributed by atoms with Crippen LogP contribution in [-0.4, -0.2) is 37.5 Å². The third-order valence-corrected chi connectivity index (χ3v) is 4.67. The van der Waals surface area contributed by atoms with Crippen LogP contribution < -0.4 is 5.32 Å². The molecule has 0 saturated heterocycles. The number of hydrogen-bond donors (Lipinski definition) is 2. The van der Waals surface area contributed by atoms with Crippen molar-refractivity contribution in [3.63, 3.8) is 0 Å². The number of hydrogen-bond acceptors (Lipinski definition) is 5. The summed E-state index contributed by atoms with van der Waals surface area (Å²) >= 11 is 7.82. The molecule has 1 aliphatic carbocycles. The van der Waals surface area contributed by atoms with Crippen molar-refractivity contribution in [2.75, 3.05) is 11.6 Å². The molecule has 2 unspecified atom stereocenters. The first-order valence-corrected chi connectivity index (χ1v) is 7.60. The molecule has 2 heterocycles. The zero-order chi connectivity index (χ0) is 12.5. The molecule has 0 aromatic carbocycles. The molecule has 0 radical (unpaired) electrons. The average molecular weight is 284 g/mol. The minimum absolute atomic E-state index is 0.232. The van der Waals surface area contributed by atoms with Gasteiger partial charge in [-0.25, -0.2) is 4.98 Å². The SMILES string of the molecule is CSC1CCCC1Nc1nc(Cl)nc2nc[nH]c12. The summed E-state index contributed by atoms with van der Waals surface area (Å²) in [5.41, 5.74) is 1.43. The van der Waals surface area contributed by atoms with Crippen LogP contribution in [0.4, 0.5) is 5.82 Å². The highest BCUT2D eigenvalue weighted by Crippen LogP contribution is 2.31. The highest BCUT2D eigenvalue weighted by molar-refractivity contribution is 7.99. The van der Waals surface area contributed by atoms with Gasteiger partial charge in [0.25, 0.3) is 0 Å². The van der Waals surface area contributed by atoms with Gasteiger partial charge in [0, 0.05) is 11.3 Å². The largest absolute Gasteiger partial charge is 0.364 e. The van der Waals surface area contributed by atoms with Gasteiger partial charge in [0.2, 0.25) is 5.28 Å². The fraction of sp³-hybridized carbons (Fsp3) is 0.545. The summed E-state index contributed by atoms with van der Waals surface area (Å²) in [4.78, 5) is 15.5. The van der Waals surface area contributed by atoms with E-state index >= 15 is 0 Å². The lowest BCUT2D eigenvalue weighted by Gasteiger charge is -2.19. The number of nitrogens with zero attached hydrogens (tertiary/aromatic N) is 3. The van der Waals surface area contributed by atoms with Gasteiger partial charge in [0.15, 0.2) is 11.5 Å². The fourth-order valence-electron chi connectivity index (χ4n) is 2.46. The second kappa shape index (κ2) is 4.93. The first-order chi connectivity index (χ1) is 8.78. The summed E-state index contributed by atoms with van der Waals surface area (Å²) in [6.07, 6.45) is 7.45. The molecule has 2 aromatic heterocycles. The molecule has 7 heteroatoms. The number of H-pyrrole nitrogens is 1. The van der Waals surface area contributed by atoms with Gasteiger partial charge in [-0.15, -0.1) is 0 Å². The van der Waals surface area contributed by atoms with Crippen LogP contribution in [-0.2, 0) is 0 Å². The zero-order valence-corrected chi connectivity index (χ0v) is 11.6. The molecule has 1 fully saturated rings. The number of aromatic nitrogens is 4. The minimum Gasteiger partial charge on any atom is -0.364 e. The molecule has 0 spiro atoms. The molecule has 0 bridgehead atoms. The van der Waals surface area contributed by atoms with Gasteiger partial charge >= 0.3 is 0 Å². The second-order valence-electron chi connectivity index (χ2n) is 4.40. The number of anilines is 1. The summed E-state index contributed by atoms with van der Waals surface area (Å²) in [5, 5.41) is 4.35. The Bertz CT molecular complexity index is 557. The van der Waals surface area contributed by atoms with Gasteiger partial charge in [-0.05, 0) is 30.7 Å². The van der Waals surface area contributed by atoms with Crippen molar-refractivity contribution in [3.8, 4) is 0 Å². The molecule has 1 aliphatic rings. The number of rotatable bonds is 3. The topological polar surface area (TPSA) is 66.5 Å². The number of thioether (sulfide) groups is 1. The smallest absolute Gasteiger partial charge is 0.226 e. The maximum Gasteiger partial charge on any atom is 0.226 e. The van der Waals surface area contributed by atoms with Crippen molar-refractivity contribution in [1.29, 1.82) is 0 Å². The Balaban J connectivity index is 1.92. The van der Waals surface area contributed by atoms with E-state index in [1.54, 1.807) is 6.33 Å². The third kappa shape index (κ3) is 2.14. The molecular weight excluding hydrogens is 270 g/mol. The van der Waals surface area contributed by atoms with Crippen molar-refractivity contribution >= 4 is 40.3 Å². The fourth-order valence-corrected chi connectivity index (χ4v) is 3.56. The number of halogens is 1. The highest BCUT2D eigenvalue weighted by Gasteiger charge is 2.27. The molecule has 18 heavy (non-hydrogen) atoms. The van der Waals surface area contributed by atoms with Gasteiger partial charge in [-0.1, -0.05) is 6.42 Å². The quantitative estimate of drug-likeness (QED) is 0.848. The maximum atomic E-state index is 5.92. The van der Waals surface area contributed by atoms with Crippen LogP contribution in [0.1, 0.15) is 19.3 Å². The number of fused-ring (bicyclic) bond motifs is 1. The van der Waals surface area contributed by atoms with E-state index in [1.165, 1.54) is 19.3 Å². The molecule has 2 N–H and O–H groups in total. The summed E-state index contributed by atoms with van der Waals surface area (Å²) in [7, 11) is 0. The van der Waals surface area contributed by atoms with E-state index in [4.69, 9.17) is 11.6 Å². The predicted octanol–water partition coefficient (Wildman–Crippen LogP) is 2.70. The minimum atomic E-state index is 0.232. The van der Waals surface area contributed by atoms with E-state index < -0.39 is 0 Å². The Kier molecular flexibility index (Phi) is 3.30. The molecule has 2 aromatic rings. The summed E-state index contributed by atoms with van der Waals surface area (Å²) in [6.45, 7) is 0. The van der Waals surface area contributed by atoms with Crippen LogP contribution in [0, 0.1) is 0 Å². The Hall–Kier alpha value is -1.01. The average Bonchev–Trinajstić information content (AvgIpc) is 2.96. The Morgan fingerprint density at radius 3 is 3.17 bits per heavy atom. The second-order valence-corrected chi connectivity index (χ2v) is 5.81. The van der Waals surface area contributed by atoms with Crippen molar-refractivity contribution in [3.05, 3.63) is 11.6 Å². The first-order valence-electron chi connectivity index (χ1n) is 5.94. The van der Waals surface area contributed by atoms with Gasteiger partial charge in [-0.3, -0.25) is 0 Å². The van der Waals surface area contributed by atoms with Crippen LogP contribution in [0.15, 0.2) is 6.33 Å². The number of imidazole rings is 1. The van der Waals surface area contributed by atoms with Crippen LogP contribution >= 0.6 is 23.4 Å². The third-order valence-electron chi connectivity index (χ3n) is 3.34. The van der Waals surface area contributed by atoms with E-state index in [1.807, 2.05) is 11.8 Å². The maximum absolute atomic E-state index is 5.92. The summed E-state index contributed by atoms with van der Waals surface area (Å²) in [5.74, 6) is 0.758. The zero-order valence-electron chi connectivity index (χ0n) is 9.98. The van der Waals surface area contributed by atoms with Gasteiger partial charge < -0.3 is 10.3 Å². The van der Waals surface area contributed by atoms with Gasteiger partial charge in [0.05, 0.1) is 6.33 Å². The molecule has 1 saturated carbocycles. The predicted molar refractivity (Wildman–Crippen MR) is 75.3 cm³/mol. The van der Waals surface area contributed by atoms with E-state index in [-0.39, 0.29) is 5.28 Å². The standard InChI is InChI=1S/C11H14ClN5S/c1-18-7-4-2-3-6(7)15-10-8-9(14-5-13-8)16-11(12)17-10/h5-7H,2-4H2,1H3,(H2,13,14,15,16,17). The molecule has 0 aliphatic heterocycles. The van der Waals surface area contributed by atoms with Crippen molar-refractivity contribution in [1.82, 2.24) is 19.9 Å². The van der Waals surface area contributed by atoms with Crippen LogP contribution in [0.25, 0.3) is 11.2 Å². The Morgan fingerprint density at radius 2 is 2.33 bits per heavy atom. The van der Waals surface area contributed by atoms with Crippen molar-refractivity contribution < 1.29 is 0 Å². The van der Waals surface area contributed by atoms with Crippen molar-refractivity contribution in [2.24, 2.45) is 0 Å². The normalized spacial score (nSPS) is 23.7. The number of nitrogens with one attached hydrogen (secondary N) is 2. The lowest BCUT2D eigenvalue weighted by Crippen LogP contribution is -2.26. The van der Waals surface area contributed by atoms with E-state index in [0.29, 0.717) is 16.9 Å². The van der Waals surface area contributed by atoms with Gasteiger partial charge in [-0.2, -0.15) is 21.7 Å². The monoisotopic (exact) mass is 283 g/mol. The molecular formula is C11H14ClN5S.